The Balaban J connectivity index is 1.83. The Morgan fingerprint density at radius 1 is 1.11 bits per heavy atom. The lowest BCUT2D eigenvalue weighted by Gasteiger charge is -2.21. The quantitative estimate of drug-likeness (QED) is 0.622. The maximum Gasteiger partial charge on any atom is 0.287 e. The van der Waals surface area contributed by atoms with Gasteiger partial charge in [0.1, 0.15) is 11.8 Å². The van der Waals surface area contributed by atoms with Gasteiger partial charge in [0.05, 0.1) is 11.3 Å². The number of furan rings is 1. The van der Waals surface area contributed by atoms with Crippen molar-refractivity contribution < 1.29 is 23.5 Å². The number of para-hydroxylation sites is 1. The number of ether oxygens (including phenoxy) is 1. The van der Waals surface area contributed by atoms with Gasteiger partial charge in [-0.15, -0.1) is 0 Å². The van der Waals surface area contributed by atoms with Crippen LogP contribution in [0.25, 0.3) is 0 Å². The fourth-order valence-electron chi connectivity index (χ4n) is 2.11. The van der Waals surface area contributed by atoms with Crippen LogP contribution in [0.15, 0.2) is 47.1 Å². The van der Waals surface area contributed by atoms with Crippen LogP contribution in [0.4, 0.5) is 0 Å². The summed E-state index contributed by atoms with van der Waals surface area (Å²) in [5.41, 5.74) is 4.50. The Hall–Kier alpha value is -3.00. The van der Waals surface area contributed by atoms with E-state index in [1.54, 1.807) is 44.2 Å². The van der Waals surface area contributed by atoms with E-state index in [4.69, 9.17) is 20.8 Å². The number of amides is 3. The summed E-state index contributed by atoms with van der Waals surface area (Å²) >= 11 is 5.93. The molecule has 0 spiro atoms. The van der Waals surface area contributed by atoms with E-state index in [9.17, 15) is 14.4 Å². The summed E-state index contributed by atoms with van der Waals surface area (Å²) in [6.45, 7) is 3.18. The fourth-order valence-corrected chi connectivity index (χ4v) is 2.30. The molecule has 9 heteroatoms. The summed E-state index contributed by atoms with van der Waals surface area (Å²) in [6.07, 6.45) is 1.36. The van der Waals surface area contributed by atoms with Crippen LogP contribution in [0.2, 0.25) is 5.02 Å². The molecule has 0 saturated carbocycles. The van der Waals surface area contributed by atoms with Gasteiger partial charge in [0.2, 0.25) is 0 Å². The fraction of sp³-hybridized carbons (Fsp3) is 0.278. The normalized spacial score (nSPS) is 11.6. The van der Waals surface area contributed by atoms with Crippen molar-refractivity contribution in [1.29, 1.82) is 0 Å². The maximum atomic E-state index is 12.3. The van der Waals surface area contributed by atoms with Crippen LogP contribution in [0.1, 0.15) is 24.4 Å². The molecular weight excluding hydrogens is 374 g/mol. The van der Waals surface area contributed by atoms with Gasteiger partial charge in [-0.2, -0.15) is 0 Å². The van der Waals surface area contributed by atoms with Crippen LogP contribution in [0.5, 0.6) is 5.75 Å². The number of nitrogens with one attached hydrogen (secondary N) is 3. The van der Waals surface area contributed by atoms with Gasteiger partial charge in [-0.1, -0.05) is 37.6 Å². The third-order valence-corrected chi connectivity index (χ3v) is 3.81. The van der Waals surface area contributed by atoms with E-state index in [-0.39, 0.29) is 18.3 Å². The highest BCUT2D eigenvalue weighted by Crippen LogP contribution is 2.22. The Labute approximate surface area is 161 Å². The minimum absolute atomic E-state index is 0.0885. The summed E-state index contributed by atoms with van der Waals surface area (Å²) in [5.74, 6) is -1.46. The monoisotopic (exact) mass is 393 g/mol. The van der Waals surface area contributed by atoms with Crippen molar-refractivity contribution in [2.45, 2.75) is 19.9 Å². The number of benzene rings is 1. The Kier molecular flexibility index (Phi) is 7.25. The van der Waals surface area contributed by atoms with Gasteiger partial charge in [-0.25, -0.2) is 0 Å². The highest BCUT2D eigenvalue weighted by molar-refractivity contribution is 6.32. The Morgan fingerprint density at radius 2 is 1.85 bits per heavy atom. The van der Waals surface area contributed by atoms with Crippen molar-refractivity contribution in [1.82, 2.24) is 16.2 Å². The molecule has 27 heavy (non-hydrogen) atoms. The lowest BCUT2D eigenvalue weighted by Crippen LogP contribution is -2.54. The van der Waals surface area contributed by atoms with Crippen LogP contribution in [-0.4, -0.2) is 30.4 Å². The molecule has 3 amide bonds. The topological polar surface area (TPSA) is 110 Å². The van der Waals surface area contributed by atoms with Crippen molar-refractivity contribution in [2.24, 2.45) is 5.92 Å². The van der Waals surface area contributed by atoms with E-state index < -0.39 is 23.8 Å². The smallest absolute Gasteiger partial charge is 0.287 e. The first-order valence-electron chi connectivity index (χ1n) is 8.19. The van der Waals surface area contributed by atoms with E-state index >= 15 is 0 Å². The lowest BCUT2D eigenvalue weighted by molar-refractivity contribution is -0.131. The van der Waals surface area contributed by atoms with Crippen LogP contribution < -0.4 is 20.9 Å². The molecule has 0 saturated heterocycles. The molecule has 0 radical (unpaired) electrons. The predicted molar refractivity (Wildman–Crippen MR) is 98.0 cm³/mol. The first-order chi connectivity index (χ1) is 12.9. The van der Waals surface area contributed by atoms with Gasteiger partial charge >= 0.3 is 0 Å². The summed E-state index contributed by atoms with van der Waals surface area (Å²) in [6, 6.07) is 8.89. The van der Waals surface area contributed by atoms with E-state index in [2.05, 4.69) is 16.2 Å². The summed E-state index contributed by atoms with van der Waals surface area (Å²) < 4.78 is 10.3. The molecule has 1 heterocycles. The third-order valence-electron chi connectivity index (χ3n) is 3.50. The number of carbonyl (C=O) groups excluding carboxylic acids is 3. The number of hydrazine groups is 1. The molecule has 0 aliphatic heterocycles. The highest BCUT2D eigenvalue weighted by atomic mass is 35.5. The lowest BCUT2D eigenvalue weighted by atomic mass is 10.0. The number of halogens is 1. The first kappa shape index (κ1) is 20.3. The molecule has 0 unspecified atom stereocenters. The molecular formula is C18H20ClN3O5. The molecule has 2 aromatic rings. The van der Waals surface area contributed by atoms with E-state index in [1.165, 1.54) is 12.3 Å². The second-order valence-electron chi connectivity index (χ2n) is 5.93. The summed E-state index contributed by atoms with van der Waals surface area (Å²) in [7, 11) is 0. The molecule has 3 N–H and O–H groups in total. The minimum atomic E-state index is -0.868. The van der Waals surface area contributed by atoms with Gasteiger partial charge in [0, 0.05) is 0 Å². The molecule has 2 rings (SSSR count). The van der Waals surface area contributed by atoms with Gasteiger partial charge < -0.3 is 14.5 Å². The molecule has 1 aromatic heterocycles. The van der Waals surface area contributed by atoms with E-state index in [0.717, 1.165) is 0 Å². The van der Waals surface area contributed by atoms with Gasteiger partial charge in [0.15, 0.2) is 12.4 Å². The number of hydrogen-bond donors (Lipinski definition) is 3. The summed E-state index contributed by atoms with van der Waals surface area (Å²) in [4.78, 5) is 36.2. The SMILES string of the molecule is CC(C)[C@H](NC(=O)c1ccco1)C(=O)NNC(=O)COc1ccccc1Cl. The highest BCUT2D eigenvalue weighted by Gasteiger charge is 2.26. The largest absolute Gasteiger partial charge is 0.482 e. The van der Waals surface area contributed by atoms with Crippen molar-refractivity contribution in [3.05, 3.63) is 53.4 Å². The Morgan fingerprint density at radius 3 is 2.48 bits per heavy atom. The molecule has 8 nitrogen and oxygen atoms in total. The van der Waals surface area contributed by atoms with E-state index in [0.29, 0.717) is 10.8 Å². The molecule has 1 atom stereocenters. The molecule has 0 aliphatic carbocycles. The van der Waals surface area contributed by atoms with Crippen LogP contribution in [-0.2, 0) is 9.59 Å². The third kappa shape index (κ3) is 6.03. The number of hydrogen-bond acceptors (Lipinski definition) is 5. The predicted octanol–water partition coefficient (Wildman–Crippen LogP) is 1.91. The van der Waals surface area contributed by atoms with Gasteiger partial charge in [0.25, 0.3) is 17.7 Å². The second-order valence-corrected chi connectivity index (χ2v) is 6.34. The van der Waals surface area contributed by atoms with Crippen LogP contribution in [0.3, 0.4) is 0 Å². The first-order valence-corrected chi connectivity index (χ1v) is 8.56. The molecule has 0 fully saturated rings. The summed E-state index contributed by atoms with van der Waals surface area (Å²) in [5, 5.41) is 2.93. The standard InChI is InChI=1S/C18H20ClN3O5/c1-11(2)16(20-17(24)14-8-5-9-26-14)18(25)22-21-15(23)10-27-13-7-4-3-6-12(13)19/h3-9,11,16H,10H2,1-2H3,(H,20,24)(H,21,23)(H,22,25)/t16-/m0/s1. The zero-order valence-corrected chi connectivity index (χ0v) is 15.6. The number of rotatable bonds is 7. The average molecular weight is 394 g/mol. The van der Waals surface area contributed by atoms with Crippen molar-refractivity contribution in [3.8, 4) is 5.75 Å². The zero-order chi connectivity index (χ0) is 19.8. The minimum Gasteiger partial charge on any atom is -0.482 e. The van der Waals surface area contributed by atoms with Crippen molar-refractivity contribution in [2.75, 3.05) is 6.61 Å². The average Bonchev–Trinajstić information content (AvgIpc) is 3.18. The number of carbonyl (C=O) groups is 3. The maximum absolute atomic E-state index is 12.3. The molecule has 1 aromatic carbocycles. The Bertz CT molecular complexity index is 792. The zero-order valence-electron chi connectivity index (χ0n) is 14.8. The van der Waals surface area contributed by atoms with E-state index in [1.807, 2.05) is 0 Å². The van der Waals surface area contributed by atoms with Crippen molar-refractivity contribution in [3.63, 3.8) is 0 Å². The van der Waals surface area contributed by atoms with Gasteiger partial charge in [-0.3, -0.25) is 25.2 Å². The van der Waals surface area contributed by atoms with Crippen LogP contribution >= 0.6 is 11.6 Å². The van der Waals surface area contributed by atoms with Crippen LogP contribution in [0, 0.1) is 5.92 Å². The molecule has 0 aliphatic rings. The van der Waals surface area contributed by atoms with Gasteiger partial charge in [-0.05, 0) is 30.2 Å². The second kappa shape index (κ2) is 9.63. The molecule has 0 bridgehead atoms. The van der Waals surface area contributed by atoms with Crippen molar-refractivity contribution >= 4 is 29.3 Å². The molecule has 144 valence electrons.